The van der Waals surface area contributed by atoms with E-state index in [1.807, 2.05) is 0 Å². The lowest BCUT2D eigenvalue weighted by Crippen LogP contribution is -2.27. The molecule has 2 heterocycles. The highest BCUT2D eigenvalue weighted by Crippen LogP contribution is 2.23. The summed E-state index contributed by atoms with van der Waals surface area (Å²) in [6, 6.07) is 0.233. The number of hydrogen-bond acceptors (Lipinski definition) is 4. The molecule has 0 spiro atoms. The summed E-state index contributed by atoms with van der Waals surface area (Å²) < 4.78 is 5.33. The largest absolute Gasteiger partial charge is 0.447 e. The fourth-order valence-electron chi connectivity index (χ4n) is 1.72. The Balaban J connectivity index is 2.07. The van der Waals surface area contributed by atoms with Gasteiger partial charge in [0.25, 0.3) is 0 Å². The van der Waals surface area contributed by atoms with E-state index in [0.717, 1.165) is 13.0 Å². The fraction of sp³-hybridized carbons (Fsp3) is 0.700. The number of nitrogens with one attached hydrogen (secondary N) is 1. The van der Waals surface area contributed by atoms with Crippen LogP contribution in [-0.2, 0) is 0 Å². The molecule has 14 heavy (non-hydrogen) atoms. The van der Waals surface area contributed by atoms with Gasteiger partial charge in [-0.1, -0.05) is 6.42 Å². The van der Waals surface area contributed by atoms with Crippen molar-refractivity contribution < 1.29 is 9.52 Å². The van der Waals surface area contributed by atoms with Crippen molar-refractivity contribution in [3.63, 3.8) is 0 Å². The van der Waals surface area contributed by atoms with Crippen molar-refractivity contribution in [3.8, 4) is 0 Å². The molecule has 2 rings (SSSR count). The molecule has 4 heteroatoms. The summed E-state index contributed by atoms with van der Waals surface area (Å²) in [5.41, 5.74) is 0.618. The number of hydrogen-bond donors (Lipinski definition) is 2. The monoisotopic (exact) mass is 196 g/mol. The van der Waals surface area contributed by atoms with Crippen LogP contribution in [0.5, 0.6) is 0 Å². The van der Waals surface area contributed by atoms with E-state index in [1.165, 1.54) is 19.1 Å². The second kappa shape index (κ2) is 4.11. The van der Waals surface area contributed by atoms with Crippen molar-refractivity contribution >= 4 is 0 Å². The molecule has 0 saturated carbocycles. The lowest BCUT2D eigenvalue weighted by atomic mass is 10.1. The van der Waals surface area contributed by atoms with Gasteiger partial charge in [0.1, 0.15) is 12.0 Å². The molecule has 1 aromatic heterocycles. The van der Waals surface area contributed by atoms with Gasteiger partial charge in [-0.15, -0.1) is 0 Å². The van der Waals surface area contributed by atoms with Crippen LogP contribution in [0.4, 0.5) is 0 Å². The highest BCUT2D eigenvalue weighted by molar-refractivity contribution is 5.02. The molecule has 2 atom stereocenters. The average molecular weight is 196 g/mol. The van der Waals surface area contributed by atoms with Crippen LogP contribution in [0, 0.1) is 0 Å². The van der Waals surface area contributed by atoms with Crippen LogP contribution in [0.25, 0.3) is 0 Å². The quantitative estimate of drug-likeness (QED) is 0.753. The van der Waals surface area contributed by atoms with Gasteiger partial charge in [0.2, 0.25) is 5.89 Å². The van der Waals surface area contributed by atoms with Gasteiger partial charge in [0.15, 0.2) is 0 Å². The Morgan fingerprint density at radius 1 is 1.64 bits per heavy atom. The standard InChI is InChI=1S/C10H16N2O2/c1-7(13)9-6-14-10(12-9)8-4-2-3-5-11-8/h6-8,11,13H,2-5H2,1H3. The van der Waals surface area contributed by atoms with Gasteiger partial charge in [-0.25, -0.2) is 4.98 Å². The second-order valence-electron chi connectivity index (χ2n) is 3.79. The topological polar surface area (TPSA) is 58.3 Å². The van der Waals surface area contributed by atoms with Crippen LogP contribution in [0.15, 0.2) is 10.7 Å². The van der Waals surface area contributed by atoms with Gasteiger partial charge in [-0.2, -0.15) is 0 Å². The molecule has 1 fully saturated rings. The van der Waals surface area contributed by atoms with Crippen molar-refractivity contribution in [3.05, 3.63) is 17.8 Å². The second-order valence-corrected chi connectivity index (χ2v) is 3.79. The van der Waals surface area contributed by atoms with E-state index in [2.05, 4.69) is 10.3 Å². The number of nitrogens with zero attached hydrogens (tertiary/aromatic N) is 1. The summed E-state index contributed by atoms with van der Waals surface area (Å²) in [7, 11) is 0. The van der Waals surface area contributed by atoms with Crippen LogP contribution in [0.3, 0.4) is 0 Å². The maximum absolute atomic E-state index is 9.29. The van der Waals surface area contributed by atoms with Gasteiger partial charge in [-0.05, 0) is 26.3 Å². The Labute approximate surface area is 83.3 Å². The van der Waals surface area contributed by atoms with Crippen LogP contribution < -0.4 is 5.32 Å². The summed E-state index contributed by atoms with van der Waals surface area (Å²) in [5, 5.41) is 12.6. The van der Waals surface area contributed by atoms with E-state index in [1.54, 1.807) is 6.92 Å². The SMILES string of the molecule is CC(O)c1coc(C2CCCCN2)n1. The minimum absolute atomic E-state index is 0.233. The normalized spacial score (nSPS) is 24.9. The highest BCUT2D eigenvalue weighted by atomic mass is 16.3. The molecule has 0 amide bonds. The van der Waals surface area contributed by atoms with E-state index in [4.69, 9.17) is 4.42 Å². The number of aliphatic hydroxyl groups excluding tert-OH is 1. The minimum Gasteiger partial charge on any atom is -0.447 e. The molecule has 2 unspecified atom stereocenters. The highest BCUT2D eigenvalue weighted by Gasteiger charge is 2.20. The molecule has 0 bridgehead atoms. The molecule has 2 N–H and O–H groups in total. The number of aliphatic hydroxyl groups is 1. The van der Waals surface area contributed by atoms with E-state index in [9.17, 15) is 5.11 Å². The van der Waals surface area contributed by atoms with Crippen molar-refractivity contribution in [1.82, 2.24) is 10.3 Å². The van der Waals surface area contributed by atoms with E-state index >= 15 is 0 Å². The van der Waals surface area contributed by atoms with Crippen LogP contribution in [0.2, 0.25) is 0 Å². The molecule has 78 valence electrons. The Bertz CT molecular complexity index is 290. The molecule has 1 aliphatic rings. The summed E-state index contributed by atoms with van der Waals surface area (Å²) >= 11 is 0. The molecule has 4 nitrogen and oxygen atoms in total. The Hall–Kier alpha value is -0.870. The predicted octanol–water partition coefficient (Wildman–Crippen LogP) is 1.54. The summed E-state index contributed by atoms with van der Waals surface area (Å²) in [6.07, 6.45) is 4.50. The average Bonchev–Trinajstić information content (AvgIpc) is 2.68. The molecule has 1 saturated heterocycles. The minimum atomic E-state index is -0.545. The molecule has 1 aliphatic heterocycles. The Kier molecular flexibility index (Phi) is 2.84. The van der Waals surface area contributed by atoms with Crippen LogP contribution in [0.1, 0.15) is 49.9 Å². The van der Waals surface area contributed by atoms with E-state index < -0.39 is 6.10 Å². The number of piperidine rings is 1. The zero-order valence-electron chi connectivity index (χ0n) is 8.36. The third kappa shape index (κ3) is 1.96. The predicted molar refractivity (Wildman–Crippen MR) is 51.7 cm³/mol. The first kappa shape index (κ1) is 9.68. The molecule has 0 aromatic carbocycles. The zero-order valence-corrected chi connectivity index (χ0v) is 8.36. The number of aromatic nitrogens is 1. The van der Waals surface area contributed by atoms with E-state index in [-0.39, 0.29) is 6.04 Å². The number of oxazole rings is 1. The third-order valence-corrected chi connectivity index (χ3v) is 2.58. The third-order valence-electron chi connectivity index (χ3n) is 2.58. The molecular formula is C10H16N2O2. The maximum atomic E-state index is 9.29. The fourth-order valence-corrected chi connectivity index (χ4v) is 1.72. The Morgan fingerprint density at radius 2 is 2.50 bits per heavy atom. The molecule has 1 aromatic rings. The molecule has 0 radical (unpaired) electrons. The van der Waals surface area contributed by atoms with Crippen molar-refractivity contribution in [1.29, 1.82) is 0 Å². The molecular weight excluding hydrogens is 180 g/mol. The first-order valence-corrected chi connectivity index (χ1v) is 5.14. The van der Waals surface area contributed by atoms with Crippen LogP contribution in [-0.4, -0.2) is 16.6 Å². The first-order chi connectivity index (χ1) is 6.77. The van der Waals surface area contributed by atoms with Gasteiger partial charge in [0.05, 0.1) is 12.1 Å². The van der Waals surface area contributed by atoms with Gasteiger partial charge >= 0.3 is 0 Å². The lowest BCUT2D eigenvalue weighted by molar-refractivity contribution is 0.194. The lowest BCUT2D eigenvalue weighted by Gasteiger charge is -2.20. The summed E-state index contributed by atoms with van der Waals surface area (Å²) in [5.74, 6) is 0.709. The first-order valence-electron chi connectivity index (χ1n) is 5.14. The van der Waals surface area contributed by atoms with Crippen LogP contribution >= 0.6 is 0 Å². The number of rotatable bonds is 2. The Morgan fingerprint density at radius 3 is 3.07 bits per heavy atom. The van der Waals surface area contributed by atoms with Gasteiger partial charge in [-0.3, -0.25) is 0 Å². The summed E-state index contributed by atoms with van der Waals surface area (Å²) in [6.45, 7) is 2.72. The maximum Gasteiger partial charge on any atom is 0.211 e. The summed E-state index contributed by atoms with van der Waals surface area (Å²) in [4.78, 5) is 4.25. The smallest absolute Gasteiger partial charge is 0.211 e. The van der Waals surface area contributed by atoms with Crippen molar-refractivity contribution in [2.75, 3.05) is 6.54 Å². The van der Waals surface area contributed by atoms with Gasteiger partial charge in [0, 0.05) is 0 Å². The zero-order chi connectivity index (χ0) is 9.97. The molecule has 0 aliphatic carbocycles. The van der Waals surface area contributed by atoms with Gasteiger partial charge < -0.3 is 14.8 Å². The van der Waals surface area contributed by atoms with Crippen molar-refractivity contribution in [2.24, 2.45) is 0 Å². The van der Waals surface area contributed by atoms with Crippen molar-refractivity contribution in [2.45, 2.75) is 38.3 Å². The van der Waals surface area contributed by atoms with E-state index in [0.29, 0.717) is 11.6 Å².